The van der Waals surface area contributed by atoms with Gasteiger partial charge >= 0.3 is 11.7 Å². The van der Waals surface area contributed by atoms with Crippen LogP contribution in [0.25, 0.3) is 22.1 Å². The lowest BCUT2D eigenvalue weighted by Crippen LogP contribution is -2.23. The van der Waals surface area contributed by atoms with Crippen LogP contribution in [0.5, 0.6) is 0 Å². The molecule has 0 aliphatic heterocycles. The van der Waals surface area contributed by atoms with Crippen molar-refractivity contribution in [2.75, 3.05) is 0 Å². The second-order valence-electron chi connectivity index (χ2n) is 5.97. The van der Waals surface area contributed by atoms with Crippen LogP contribution in [0, 0.1) is 0 Å². The van der Waals surface area contributed by atoms with Gasteiger partial charge in [-0.2, -0.15) is 0 Å². The molecule has 0 aliphatic carbocycles. The molecule has 4 aromatic rings. The Kier molecular flexibility index (Phi) is 4.04. The molecule has 0 unspecified atom stereocenters. The predicted octanol–water partition coefficient (Wildman–Crippen LogP) is 2.61. The number of benzene rings is 2. The van der Waals surface area contributed by atoms with E-state index < -0.39 is 5.97 Å². The molecule has 0 saturated carbocycles. The molecule has 0 N–H and O–H groups in total. The monoisotopic (exact) mass is 351 g/mol. The molecule has 0 aliphatic rings. The number of aromatic nitrogens is 3. The highest BCUT2D eigenvalue weighted by atomic mass is 16.5. The second kappa shape index (κ2) is 6.51. The van der Waals surface area contributed by atoms with Crippen LogP contribution in [0.2, 0.25) is 0 Å². The van der Waals surface area contributed by atoms with Crippen molar-refractivity contribution in [3.05, 3.63) is 64.9 Å². The van der Waals surface area contributed by atoms with Gasteiger partial charge in [-0.05, 0) is 24.3 Å². The van der Waals surface area contributed by atoms with Crippen LogP contribution >= 0.6 is 0 Å². The van der Waals surface area contributed by atoms with Gasteiger partial charge in [0.1, 0.15) is 5.52 Å². The predicted molar refractivity (Wildman–Crippen MR) is 95.6 cm³/mol. The average molecular weight is 351 g/mol. The number of carbonyl (C=O) groups is 1. The number of fused-ring (bicyclic) bond motifs is 2. The van der Waals surface area contributed by atoms with Crippen molar-refractivity contribution < 1.29 is 13.9 Å². The minimum atomic E-state index is -0.410. The van der Waals surface area contributed by atoms with E-state index in [4.69, 9.17) is 9.15 Å². The lowest BCUT2D eigenvalue weighted by atomic mass is 10.3. The summed E-state index contributed by atoms with van der Waals surface area (Å²) >= 11 is 0. The normalized spacial score (nSPS) is 11.3. The van der Waals surface area contributed by atoms with Crippen LogP contribution in [0.4, 0.5) is 0 Å². The number of hydrogen-bond donors (Lipinski definition) is 0. The first-order valence-corrected chi connectivity index (χ1v) is 8.28. The number of carbonyl (C=O) groups excluding carboxylic acids is 1. The summed E-state index contributed by atoms with van der Waals surface area (Å²) in [5.74, 6) is -0.0611. The molecule has 7 heteroatoms. The largest absolute Gasteiger partial charge is 0.456 e. The van der Waals surface area contributed by atoms with Gasteiger partial charge in [-0.25, -0.2) is 9.78 Å². The molecule has 0 spiro atoms. The number of oxazole rings is 1. The fraction of sp³-hybridized carbons (Fsp3) is 0.211. The summed E-state index contributed by atoms with van der Waals surface area (Å²) in [7, 11) is 1.72. The molecular weight excluding hydrogens is 334 g/mol. The Labute approximate surface area is 148 Å². The van der Waals surface area contributed by atoms with E-state index in [0.29, 0.717) is 11.5 Å². The molecule has 0 bridgehead atoms. The van der Waals surface area contributed by atoms with Crippen LogP contribution in [-0.2, 0) is 29.7 Å². The summed E-state index contributed by atoms with van der Waals surface area (Å²) in [6.45, 7) is 0.227. The summed E-state index contributed by atoms with van der Waals surface area (Å²) in [6.07, 6.45) is 0.0914. The van der Waals surface area contributed by atoms with E-state index in [9.17, 15) is 9.59 Å². The minimum absolute atomic E-state index is 0.0298. The molecular formula is C19H17N3O4. The molecule has 0 amide bonds. The number of aryl methyl sites for hydroxylation is 2. The fourth-order valence-corrected chi connectivity index (χ4v) is 2.98. The third-order valence-corrected chi connectivity index (χ3v) is 4.29. The van der Waals surface area contributed by atoms with Crippen LogP contribution in [0.15, 0.2) is 57.7 Å². The van der Waals surface area contributed by atoms with Gasteiger partial charge in [0.05, 0.1) is 17.5 Å². The van der Waals surface area contributed by atoms with Crippen molar-refractivity contribution in [3.8, 4) is 0 Å². The van der Waals surface area contributed by atoms with Crippen molar-refractivity contribution in [3.63, 3.8) is 0 Å². The zero-order valence-electron chi connectivity index (χ0n) is 14.2. The summed E-state index contributed by atoms with van der Waals surface area (Å²) < 4.78 is 13.9. The molecule has 132 valence electrons. The van der Waals surface area contributed by atoms with Gasteiger partial charge < -0.3 is 9.15 Å². The number of rotatable bonds is 5. The second-order valence-corrected chi connectivity index (χ2v) is 5.97. The molecule has 0 fully saturated rings. The van der Waals surface area contributed by atoms with E-state index in [0.717, 1.165) is 16.6 Å². The van der Waals surface area contributed by atoms with Gasteiger partial charge in [0, 0.05) is 13.6 Å². The fourth-order valence-electron chi connectivity index (χ4n) is 2.98. The van der Waals surface area contributed by atoms with Crippen LogP contribution in [-0.4, -0.2) is 20.1 Å². The Morgan fingerprint density at radius 1 is 1.12 bits per heavy atom. The van der Waals surface area contributed by atoms with Crippen molar-refractivity contribution in [1.29, 1.82) is 0 Å². The maximum absolute atomic E-state index is 12.3. The van der Waals surface area contributed by atoms with E-state index >= 15 is 0 Å². The molecule has 0 radical (unpaired) electrons. The zero-order valence-corrected chi connectivity index (χ0v) is 14.2. The topological polar surface area (TPSA) is 79.3 Å². The number of ether oxygens (including phenoxy) is 1. The van der Waals surface area contributed by atoms with E-state index in [1.165, 1.54) is 0 Å². The molecule has 26 heavy (non-hydrogen) atoms. The van der Waals surface area contributed by atoms with E-state index in [-0.39, 0.29) is 25.3 Å². The van der Waals surface area contributed by atoms with E-state index in [1.807, 2.05) is 42.5 Å². The Balaban J connectivity index is 1.41. The third-order valence-electron chi connectivity index (χ3n) is 4.29. The maximum atomic E-state index is 12.3. The molecule has 0 atom stereocenters. The summed E-state index contributed by atoms with van der Waals surface area (Å²) in [6, 6.07) is 14.8. The standard InChI is InChI=1S/C19H17N3O4/c1-21-14-7-3-4-8-15(14)22(19(21)24)11-10-18(23)25-12-17-20-13-6-2-5-9-16(13)26-17/h2-9H,10-12H2,1H3. The molecule has 2 aromatic heterocycles. The quantitative estimate of drug-likeness (QED) is 0.517. The van der Waals surface area contributed by atoms with Crippen molar-refractivity contribution in [2.45, 2.75) is 19.6 Å². The smallest absolute Gasteiger partial charge is 0.328 e. The van der Waals surface area contributed by atoms with Crippen LogP contribution < -0.4 is 5.69 Å². The van der Waals surface area contributed by atoms with Gasteiger partial charge in [0.25, 0.3) is 0 Å². The molecule has 7 nitrogen and oxygen atoms in total. The van der Waals surface area contributed by atoms with E-state index in [1.54, 1.807) is 22.2 Å². The highest BCUT2D eigenvalue weighted by molar-refractivity contribution is 5.76. The molecule has 4 rings (SSSR count). The third kappa shape index (κ3) is 2.88. The van der Waals surface area contributed by atoms with Gasteiger partial charge in [0.15, 0.2) is 12.2 Å². The summed E-state index contributed by atoms with van der Waals surface area (Å²) in [4.78, 5) is 28.6. The number of para-hydroxylation sites is 4. The highest BCUT2D eigenvalue weighted by Gasteiger charge is 2.13. The molecule has 2 aromatic carbocycles. The molecule has 2 heterocycles. The minimum Gasteiger partial charge on any atom is -0.456 e. The first-order chi connectivity index (χ1) is 12.6. The zero-order chi connectivity index (χ0) is 18.1. The van der Waals surface area contributed by atoms with Crippen LogP contribution in [0.1, 0.15) is 12.3 Å². The maximum Gasteiger partial charge on any atom is 0.328 e. The number of esters is 1. The number of nitrogens with zero attached hydrogens (tertiary/aromatic N) is 3. The molecule has 0 saturated heterocycles. The van der Waals surface area contributed by atoms with Gasteiger partial charge in [-0.3, -0.25) is 13.9 Å². The number of hydrogen-bond acceptors (Lipinski definition) is 5. The first-order valence-electron chi connectivity index (χ1n) is 8.28. The van der Waals surface area contributed by atoms with Gasteiger partial charge in [-0.15, -0.1) is 0 Å². The van der Waals surface area contributed by atoms with Gasteiger partial charge in [-0.1, -0.05) is 24.3 Å². The Bertz CT molecular complexity index is 1120. The van der Waals surface area contributed by atoms with E-state index in [2.05, 4.69) is 4.98 Å². The lowest BCUT2D eigenvalue weighted by Gasteiger charge is -2.04. The average Bonchev–Trinajstić information content (AvgIpc) is 3.18. The summed E-state index contributed by atoms with van der Waals surface area (Å²) in [5.41, 5.74) is 2.85. The summed E-state index contributed by atoms with van der Waals surface area (Å²) in [5, 5.41) is 0. The lowest BCUT2D eigenvalue weighted by molar-refractivity contribution is -0.145. The Morgan fingerprint density at radius 2 is 1.85 bits per heavy atom. The first kappa shape index (κ1) is 16.1. The number of imidazole rings is 1. The van der Waals surface area contributed by atoms with Crippen molar-refractivity contribution >= 4 is 28.1 Å². The SMILES string of the molecule is Cn1c(=O)n(CCC(=O)OCc2nc3ccccc3o2)c2ccccc21. The van der Waals surface area contributed by atoms with Crippen molar-refractivity contribution in [1.82, 2.24) is 14.1 Å². The highest BCUT2D eigenvalue weighted by Crippen LogP contribution is 2.16. The van der Waals surface area contributed by atoms with Gasteiger partial charge in [0.2, 0.25) is 5.89 Å². The van der Waals surface area contributed by atoms with Crippen LogP contribution in [0.3, 0.4) is 0 Å². The Morgan fingerprint density at radius 3 is 2.65 bits per heavy atom. The Hall–Kier alpha value is -3.35. The van der Waals surface area contributed by atoms with Crippen molar-refractivity contribution in [2.24, 2.45) is 7.05 Å².